The van der Waals surface area contributed by atoms with Crippen molar-refractivity contribution in [1.82, 2.24) is 0 Å². The first-order chi connectivity index (χ1) is 7.68. The Morgan fingerprint density at radius 3 is 2.62 bits per heavy atom. The van der Waals surface area contributed by atoms with Crippen LogP contribution in [0.3, 0.4) is 0 Å². The molecule has 0 aromatic heterocycles. The lowest BCUT2D eigenvalue weighted by atomic mass is 9.91. The minimum absolute atomic E-state index is 0.388. The van der Waals surface area contributed by atoms with Crippen LogP contribution in [0.25, 0.3) is 0 Å². The standard InChI is InChI=1S/C12H16N2O2/c1-12(7-10(8-13)14-16-12)9-3-5-11(15-2)6-4-9/h3-6H,7-8,13H2,1-2H3/t12-/m0/s1. The Labute approximate surface area is 95.0 Å². The third-order valence-corrected chi connectivity index (χ3v) is 2.85. The van der Waals surface area contributed by atoms with Crippen LogP contribution >= 0.6 is 0 Å². The topological polar surface area (TPSA) is 56.8 Å². The summed E-state index contributed by atoms with van der Waals surface area (Å²) in [5, 5.41) is 3.99. The Morgan fingerprint density at radius 2 is 2.12 bits per heavy atom. The minimum Gasteiger partial charge on any atom is -0.497 e. The highest BCUT2D eigenvalue weighted by molar-refractivity contribution is 5.87. The third-order valence-electron chi connectivity index (χ3n) is 2.85. The van der Waals surface area contributed by atoms with Crippen LogP contribution in [0.5, 0.6) is 5.75 Å². The summed E-state index contributed by atoms with van der Waals surface area (Å²) in [5.74, 6) is 0.838. The Hall–Kier alpha value is -1.55. The molecular formula is C12H16N2O2. The highest BCUT2D eigenvalue weighted by atomic mass is 16.7. The molecule has 1 aromatic carbocycles. The van der Waals surface area contributed by atoms with E-state index in [0.29, 0.717) is 6.54 Å². The van der Waals surface area contributed by atoms with Crippen molar-refractivity contribution in [2.45, 2.75) is 18.9 Å². The van der Waals surface area contributed by atoms with Gasteiger partial charge in [0.15, 0.2) is 5.60 Å². The maximum atomic E-state index is 5.55. The van der Waals surface area contributed by atoms with Crippen molar-refractivity contribution in [3.8, 4) is 5.75 Å². The zero-order valence-electron chi connectivity index (χ0n) is 9.56. The van der Waals surface area contributed by atoms with Gasteiger partial charge in [-0.2, -0.15) is 0 Å². The van der Waals surface area contributed by atoms with Crippen molar-refractivity contribution in [3.05, 3.63) is 29.8 Å². The number of hydrogen-bond acceptors (Lipinski definition) is 4. The summed E-state index contributed by atoms with van der Waals surface area (Å²) in [6.07, 6.45) is 0.746. The van der Waals surface area contributed by atoms with E-state index in [2.05, 4.69) is 5.16 Å². The van der Waals surface area contributed by atoms with Crippen molar-refractivity contribution in [3.63, 3.8) is 0 Å². The number of ether oxygens (including phenoxy) is 1. The number of rotatable bonds is 3. The molecule has 0 radical (unpaired) electrons. The van der Waals surface area contributed by atoms with E-state index in [1.807, 2.05) is 31.2 Å². The summed E-state index contributed by atoms with van der Waals surface area (Å²) in [5.41, 5.74) is 7.14. The van der Waals surface area contributed by atoms with E-state index in [-0.39, 0.29) is 5.60 Å². The first-order valence-electron chi connectivity index (χ1n) is 5.26. The molecule has 0 bridgehead atoms. The van der Waals surface area contributed by atoms with Gasteiger partial charge in [-0.05, 0) is 24.6 Å². The zero-order valence-corrected chi connectivity index (χ0v) is 9.56. The maximum Gasteiger partial charge on any atom is 0.165 e. The van der Waals surface area contributed by atoms with E-state index in [9.17, 15) is 0 Å². The molecule has 1 aromatic rings. The van der Waals surface area contributed by atoms with Gasteiger partial charge in [0, 0.05) is 13.0 Å². The van der Waals surface area contributed by atoms with E-state index in [0.717, 1.165) is 23.4 Å². The lowest BCUT2D eigenvalue weighted by molar-refractivity contribution is -0.00741. The Balaban J connectivity index is 2.18. The quantitative estimate of drug-likeness (QED) is 0.842. The third kappa shape index (κ3) is 1.88. The van der Waals surface area contributed by atoms with Gasteiger partial charge in [-0.15, -0.1) is 0 Å². The molecule has 0 unspecified atom stereocenters. The van der Waals surface area contributed by atoms with Gasteiger partial charge in [0.05, 0.1) is 12.8 Å². The molecule has 86 valence electrons. The molecule has 1 heterocycles. The molecule has 1 aliphatic heterocycles. The molecule has 16 heavy (non-hydrogen) atoms. The highest BCUT2D eigenvalue weighted by Gasteiger charge is 2.35. The van der Waals surface area contributed by atoms with Gasteiger partial charge in [-0.25, -0.2) is 0 Å². The summed E-state index contributed by atoms with van der Waals surface area (Å²) in [4.78, 5) is 5.47. The fraction of sp³-hybridized carbons (Fsp3) is 0.417. The highest BCUT2D eigenvalue weighted by Crippen LogP contribution is 2.34. The monoisotopic (exact) mass is 220 g/mol. The summed E-state index contributed by atoms with van der Waals surface area (Å²) < 4.78 is 5.12. The zero-order chi connectivity index (χ0) is 11.6. The van der Waals surface area contributed by atoms with E-state index in [1.54, 1.807) is 7.11 Å². The van der Waals surface area contributed by atoms with Crippen molar-refractivity contribution < 1.29 is 9.57 Å². The number of hydrogen-bond donors (Lipinski definition) is 1. The summed E-state index contributed by atoms with van der Waals surface area (Å²) in [6.45, 7) is 2.46. The number of oxime groups is 1. The summed E-state index contributed by atoms with van der Waals surface area (Å²) >= 11 is 0. The molecule has 0 saturated carbocycles. The second kappa shape index (κ2) is 4.14. The van der Waals surface area contributed by atoms with Crippen LogP contribution in [-0.4, -0.2) is 19.4 Å². The second-order valence-corrected chi connectivity index (χ2v) is 4.09. The van der Waals surface area contributed by atoms with Crippen LogP contribution in [0.4, 0.5) is 0 Å². The normalized spacial score (nSPS) is 23.8. The molecule has 0 spiro atoms. The SMILES string of the molecule is COc1ccc([C@]2(C)CC(CN)=NO2)cc1. The van der Waals surface area contributed by atoms with E-state index < -0.39 is 0 Å². The number of nitrogens with two attached hydrogens (primary N) is 1. The molecule has 0 aliphatic carbocycles. The molecule has 2 rings (SSSR count). The lowest BCUT2D eigenvalue weighted by Gasteiger charge is -2.22. The van der Waals surface area contributed by atoms with Crippen LogP contribution in [0.1, 0.15) is 18.9 Å². The van der Waals surface area contributed by atoms with Gasteiger partial charge in [0.2, 0.25) is 0 Å². The molecule has 0 fully saturated rings. The average molecular weight is 220 g/mol. The van der Waals surface area contributed by atoms with E-state index in [4.69, 9.17) is 15.3 Å². The van der Waals surface area contributed by atoms with Gasteiger partial charge in [-0.3, -0.25) is 0 Å². The molecule has 0 amide bonds. The molecule has 1 aliphatic rings. The fourth-order valence-corrected chi connectivity index (χ4v) is 1.83. The van der Waals surface area contributed by atoms with Gasteiger partial charge in [-0.1, -0.05) is 17.3 Å². The fourth-order valence-electron chi connectivity index (χ4n) is 1.83. The predicted octanol–water partition coefficient (Wildman–Crippen LogP) is 1.65. The molecule has 4 nitrogen and oxygen atoms in total. The van der Waals surface area contributed by atoms with Crippen molar-refractivity contribution >= 4 is 5.71 Å². The molecule has 4 heteroatoms. The van der Waals surface area contributed by atoms with Crippen LogP contribution in [-0.2, 0) is 10.4 Å². The Morgan fingerprint density at radius 1 is 1.44 bits per heavy atom. The molecular weight excluding hydrogens is 204 g/mol. The van der Waals surface area contributed by atoms with Crippen LogP contribution in [0.15, 0.2) is 29.4 Å². The van der Waals surface area contributed by atoms with Crippen molar-refractivity contribution in [2.24, 2.45) is 10.9 Å². The summed E-state index contributed by atoms with van der Waals surface area (Å²) in [7, 11) is 1.65. The first-order valence-corrected chi connectivity index (χ1v) is 5.26. The Kier molecular flexibility index (Phi) is 2.83. The second-order valence-electron chi connectivity index (χ2n) is 4.09. The predicted molar refractivity (Wildman–Crippen MR) is 62.5 cm³/mol. The Bertz CT molecular complexity index is 400. The van der Waals surface area contributed by atoms with Crippen LogP contribution in [0, 0.1) is 0 Å². The minimum atomic E-state index is -0.388. The average Bonchev–Trinajstić information content (AvgIpc) is 2.73. The van der Waals surface area contributed by atoms with Crippen molar-refractivity contribution in [1.29, 1.82) is 0 Å². The molecule has 0 saturated heterocycles. The van der Waals surface area contributed by atoms with E-state index >= 15 is 0 Å². The maximum absolute atomic E-state index is 5.55. The van der Waals surface area contributed by atoms with Crippen LogP contribution < -0.4 is 10.5 Å². The molecule has 2 N–H and O–H groups in total. The van der Waals surface area contributed by atoms with Gasteiger partial charge < -0.3 is 15.3 Å². The number of methoxy groups -OCH3 is 1. The first kappa shape index (κ1) is 11.0. The van der Waals surface area contributed by atoms with E-state index in [1.165, 1.54) is 0 Å². The summed E-state index contributed by atoms with van der Waals surface area (Å²) in [6, 6.07) is 7.83. The largest absolute Gasteiger partial charge is 0.497 e. The van der Waals surface area contributed by atoms with Gasteiger partial charge in [0.25, 0.3) is 0 Å². The van der Waals surface area contributed by atoms with Crippen molar-refractivity contribution in [2.75, 3.05) is 13.7 Å². The van der Waals surface area contributed by atoms with Gasteiger partial charge >= 0.3 is 0 Å². The molecule has 1 atom stereocenters. The smallest absolute Gasteiger partial charge is 0.165 e. The lowest BCUT2D eigenvalue weighted by Crippen LogP contribution is -2.23. The number of benzene rings is 1. The number of nitrogens with zero attached hydrogens (tertiary/aromatic N) is 1. The van der Waals surface area contributed by atoms with Crippen LogP contribution in [0.2, 0.25) is 0 Å². The van der Waals surface area contributed by atoms with Gasteiger partial charge in [0.1, 0.15) is 5.75 Å².